The lowest BCUT2D eigenvalue weighted by molar-refractivity contribution is -0.153. The molecule has 7 nitrogen and oxygen atoms in total. The van der Waals surface area contributed by atoms with Crippen LogP contribution >= 0.6 is 23.2 Å². The Labute approximate surface area is 179 Å². The number of rotatable bonds is 8. The first kappa shape index (κ1) is 20.7. The van der Waals surface area contributed by atoms with E-state index >= 15 is 0 Å². The summed E-state index contributed by atoms with van der Waals surface area (Å²) in [7, 11) is 0. The van der Waals surface area contributed by atoms with Gasteiger partial charge in [-0.2, -0.15) is 0 Å². The Morgan fingerprint density at radius 2 is 1.76 bits per heavy atom. The third-order valence-electron chi connectivity index (χ3n) is 5.80. The molecular weight excluding hydrogens is 417 g/mol. The van der Waals surface area contributed by atoms with Crippen molar-refractivity contribution in [1.29, 1.82) is 0 Å². The van der Waals surface area contributed by atoms with Gasteiger partial charge < -0.3 is 25.4 Å². The summed E-state index contributed by atoms with van der Waals surface area (Å²) in [6, 6.07) is 4.87. The minimum atomic E-state index is -0.223. The Morgan fingerprint density at radius 1 is 1.07 bits per heavy atom. The molecule has 1 heterocycles. The molecule has 1 saturated heterocycles. The lowest BCUT2D eigenvalue weighted by Crippen LogP contribution is -2.84. The van der Waals surface area contributed by atoms with Crippen molar-refractivity contribution in [3.05, 3.63) is 28.2 Å². The van der Waals surface area contributed by atoms with Gasteiger partial charge in [0.1, 0.15) is 12.4 Å². The Hall–Kier alpha value is -1.54. The van der Waals surface area contributed by atoms with Crippen molar-refractivity contribution in [2.24, 2.45) is 0 Å². The highest BCUT2D eigenvalue weighted by Crippen LogP contribution is 2.60. The van der Waals surface area contributed by atoms with Crippen LogP contribution in [0, 0.1) is 0 Å². The molecule has 3 saturated carbocycles. The van der Waals surface area contributed by atoms with Crippen LogP contribution < -0.4 is 20.7 Å². The summed E-state index contributed by atoms with van der Waals surface area (Å²) in [5, 5.41) is 10.2. The fraction of sp³-hybridized carbons (Fsp3) is 0.600. The van der Waals surface area contributed by atoms with E-state index in [1.54, 1.807) is 18.2 Å². The monoisotopic (exact) mass is 441 g/mol. The molecule has 3 N–H and O–H groups in total. The number of ether oxygens (including phenoxy) is 2. The lowest BCUT2D eigenvalue weighted by atomic mass is 9.44. The molecule has 9 heteroatoms. The first-order valence-electron chi connectivity index (χ1n) is 9.89. The highest BCUT2D eigenvalue weighted by atomic mass is 35.5. The Bertz CT molecular complexity index is 778. The normalized spacial score (nSPS) is 29.9. The predicted octanol–water partition coefficient (Wildman–Crippen LogP) is 2.05. The zero-order valence-corrected chi connectivity index (χ0v) is 17.6. The van der Waals surface area contributed by atoms with Crippen LogP contribution in [0.5, 0.6) is 5.75 Å². The molecule has 0 radical (unpaired) electrons. The number of piperidine rings is 1. The van der Waals surface area contributed by atoms with E-state index in [2.05, 4.69) is 16.0 Å². The maximum Gasteiger partial charge on any atom is 0.258 e. The van der Waals surface area contributed by atoms with E-state index in [0.29, 0.717) is 15.8 Å². The molecule has 0 spiro atoms. The SMILES string of the molecule is O=C(COc1ccc(Cl)c(Cl)c1)NC12CC(NC(=O)COC3CCCNC3)(C1)C2. The second kappa shape index (κ2) is 8.30. The van der Waals surface area contributed by atoms with E-state index in [0.717, 1.165) is 45.2 Å². The lowest BCUT2D eigenvalue weighted by Gasteiger charge is -2.70. The van der Waals surface area contributed by atoms with Gasteiger partial charge in [0.2, 0.25) is 5.91 Å². The van der Waals surface area contributed by atoms with Crippen LogP contribution in [-0.2, 0) is 14.3 Å². The van der Waals surface area contributed by atoms with Crippen molar-refractivity contribution in [2.75, 3.05) is 26.3 Å². The summed E-state index contributed by atoms with van der Waals surface area (Å²) < 4.78 is 11.1. The van der Waals surface area contributed by atoms with Gasteiger partial charge in [-0.1, -0.05) is 23.2 Å². The van der Waals surface area contributed by atoms with E-state index in [1.807, 2.05) is 0 Å². The first-order valence-corrected chi connectivity index (χ1v) is 10.6. The molecule has 1 unspecified atom stereocenters. The molecule has 0 aromatic heterocycles. The molecule has 4 fully saturated rings. The standard InChI is InChI=1S/C20H25Cl2N3O4/c21-15-4-3-13(6-16(15)22)28-8-17(26)24-19-10-20(11-19,12-19)25-18(27)9-29-14-2-1-5-23-7-14/h3-4,6,14,23H,1-2,5,7-12H2,(H,24,26)(H,25,27). The average Bonchev–Trinajstić information content (AvgIpc) is 2.65. The van der Waals surface area contributed by atoms with Crippen molar-refractivity contribution in [3.63, 3.8) is 0 Å². The van der Waals surface area contributed by atoms with E-state index < -0.39 is 0 Å². The molecule has 4 aliphatic rings. The van der Waals surface area contributed by atoms with Gasteiger partial charge in [0, 0.05) is 23.7 Å². The maximum absolute atomic E-state index is 12.2. The molecular formula is C20H25Cl2N3O4. The number of carbonyl (C=O) groups is 2. The third kappa shape index (κ3) is 4.79. The van der Waals surface area contributed by atoms with Crippen LogP contribution in [0.15, 0.2) is 18.2 Å². The third-order valence-corrected chi connectivity index (χ3v) is 6.54. The molecule has 2 amide bonds. The number of carbonyl (C=O) groups excluding carboxylic acids is 2. The molecule has 5 rings (SSSR count). The number of amides is 2. The highest BCUT2D eigenvalue weighted by Gasteiger charge is 2.69. The predicted molar refractivity (Wildman–Crippen MR) is 109 cm³/mol. The number of halogens is 2. The minimum absolute atomic E-state index is 0.0850. The van der Waals surface area contributed by atoms with Crippen molar-refractivity contribution in [3.8, 4) is 5.75 Å². The summed E-state index contributed by atoms with van der Waals surface area (Å²) >= 11 is 11.8. The molecule has 1 aromatic carbocycles. The maximum atomic E-state index is 12.2. The smallest absolute Gasteiger partial charge is 0.258 e. The van der Waals surface area contributed by atoms with Crippen molar-refractivity contribution in [2.45, 2.75) is 49.3 Å². The fourth-order valence-electron chi connectivity index (χ4n) is 4.59. The van der Waals surface area contributed by atoms with Crippen LogP contribution in [-0.4, -0.2) is 55.3 Å². The summed E-state index contributed by atoms with van der Waals surface area (Å²) in [5.41, 5.74) is -0.414. The van der Waals surface area contributed by atoms with Crippen molar-refractivity contribution < 1.29 is 19.1 Å². The molecule has 1 aliphatic heterocycles. The summed E-state index contributed by atoms with van der Waals surface area (Å²) in [6.45, 7) is 1.81. The number of hydrogen-bond donors (Lipinski definition) is 3. The quantitative estimate of drug-likeness (QED) is 0.574. The van der Waals surface area contributed by atoms with Gasteiger partial charge in [0.25, 0.3) is 5.91 Å². The number of hydrogen-bond acceptors (Lipinski definition) is 5. The van der Waals surface area contributed by atoms with Gasteiger partial charge in [-0.3, -0.25) is 9.59 Å². The van der Waals surface area contributed by atoms with Crippen molar-refractivity contribution in [1.82, 2.24) is 16.0 Å². The first-order chi connectivity index (χ1) is 13.9. The van der Waals surface area contributed by atoms with Crippen LogP contribution in [0.1, 0.15) is 32.1 Å². The topological polar surface area (TPSA) is 88.7 Å². The summed E-state index contributed by atoms with van der Waals surface area (Å²) in [6.07, 6.45) is 4.42. The zero-order chi connectivity index (χ0) is 20.5. The van der Waals surface area contributed by atoms with E-state index in [-0.39, 0.29) is 42.2 Å². The van der Waals surface area contributed by atoms with Crippen LogP contribution in [0.4, 0.5) is 0 Å². The second-order valence-corrected chi connectivity index (χ2v) is 9.15. The van der Waals surface area contributed by atoms with E-state index in [4.69, 9.17) is 32.7 Å². The molecule has 1 aromatic rings. The highest BCUT2D eigenvalue weighted by molar-refractivity contribution is 6.42. The van der Waals surface area contributed by atoms with Crippen molar-refractivity contribution >= 4 is 35.0 Å². The molecule has 158 valence electrons. The second-order valence-electron chi connectivity index (χ2n) is 8.33. The van der Waals surface area contributed by atoms with Gasteiger partial charge in [-0.05, 0) is 50.8 Å². The van der Waals surface area contributed by atoms with Gasteiger partial charge in [0.05, 0.1) is 16.1 Å². The van der Waals surface area contributed by atoms with Gasteiger partial charge >= 0.3 is 0 Å². The largest absolute Gasteiger partial charge is 0.484 e. The molecule has 2 bridgehead atoms. The molecule has 3 aliphatic carbocycles. The van der Waals surface area contributed by atoms with Gasteiger partial charge in [0.15, 0.2) is 6.61 Å². The zero-order valence-electron chi connectivity index (χ0n) is 16.1. The van der Waals surface area contributed by atoms with Crippen LogP contribution in [0.3, 0.4) is 0 Å². The Balaban J connectivity index is 1.14. The molecule has 29 heavy (non-hydrogen) atoms. The number of benzene rings is 1. The van der Waals surface area contributed by atoms with Gasteiger partial charge in [-0.15, -0.1) is 0 Å². The van der Waals surface area contributed by atoms with Crippen LogP contribution in [0.2, 0.25) is 10.0 Å². The van der Waals surface area contributed by atoms with E-state index in [1.165, 1.54) is 0 Å². The number of nitrogens with one attached hydrogen (secondary N) is 3. The Morgan fingerprint density at radius 3 is 2.38 bits per heavy atom. The average molecular weight is 442 g/mol. The summed E-state index contributed by atoms with van der Waals surface area (Å²) in [4.78, 5) is 24.4. The Kier molecular flexibility index (Phi) is 5.93. The van der Waals surface area contributed by atoms with Gasteiger partial charge in [-0.25, -0.2) is 0 Å². The molecule has 1 atom stereocenters. The van der Waals surface area contributed by atoms with E-state index in [9.17, 15) is 9.59 Å². The minimum Gasteiger partial charge on any atom is -0.484 e. The van der Waals surface area contributed by atoms with Crippen LogP contribution in [0.25, 0.3) is 0 Å². The summed E-state index contributed by atoms with van der Waals surface area (Å²) in [5.74, 6) is 0.214. The fourth-order valence-corrected chi connectivity index (χ4v) is 4.88.